The Bertz CT molecular complexity index is 192. The highest BCUT2D eigenvalue weighted by Crippen LogP contribution is 2.03. The molecule has 0 fully saturated rings. The molecule has 1 unspecified atom stereocenters. The molecule has 3 heteroatoms. The lowest BCUT2D eigenvalue weighted by atomic mass is 10.1. The summed E-state index contributed by atoms with van der Waals surface area (Å²) < 4.78 is 0. The number of rotatable bonds is 3. The van der Waals surface area contributed by atoms with Gasteiger partial charge >= 0.3 is 5.97 Å². The van der Waals surface area contributed by atoms with Crippen molar-refractivity contribution in [1.82, 2.24) is 0 Å². The number of hydrogen-bond acceptors (Lipinski definition) is 2. The van der Waals surface area contributed by atoms with Gasteiger partial charge in [-0.05, 0) is 19.4 Å². The zero-order chi connectivity index (χ0) is 8.85. The third-order valence-corrected chi connectivity index (χ3v) is 1.24. The second kappa shape index (κ2) is 4.68. The molecule has 1 atom stereocenters. The van der Waals surface area contributed by atoms with Gasteiger partial charge in [-0.3, -0.25) is 0 Å². The molecule has 0 aliphatic rings. The number of aliphatic hydroxyl groups is 1. The molecule has 62 valence electrons. The van der Waals surface area contributed by atoms with Gasteiger partial charge in [-0.1, -0.05) is 18.2 Å². The fraction of sp³-hybridized carbons (Fsp3) is 0.375. The number of carboxylic acids is 1. The predicted molar refractivity (Wildman–Crippen MR) is 42.2 cm³/mol. The molecular weight excluding hydrogens is 144 g/mol. The Labute approximate surface area is 65.7 Å². The maximum absolute atomic E-state index is 10.2. The summed E-state index contributed by atoms with van der Waals surface area (Å²) >= 11 is 0. The van der Waals surface area contributed by atoms with E-state index in [1.165, 1.54) is 0 Å². The van der Waals surface area contributed by atoms with Crippen LogP contribution in [-0.4, -0.2) is 22.3 Å². The molecule has 0 aromatic rings. The van der Waals surface area contributed by atoms with Crippen LogP contribution in [0.4, 0.5) is 0 Å². The van der Waals surface area contributed by atoms with E-state index in [4.69, 9.17) is 10.2 Å². The molecule has 0 aromatic heterocycles. The van der Waals surface area contributed by atoms with Crippen LogP contribution in [0.5, 0.6) is 0 Å². The van der Waals surface area contributed by atoms with Crippen LogP contribution >= 0.6 is 0 Å². The molecule has 0 aliphatic heterocycles. The van der Waals surface area contributed by atoms with Gasteiger partial charge in [0.05, 0.1) is 0 Å². The minimum Gasteiger partial charge on any atom is -0.479 e. The molecule has 0 spiro atoms. The van der Waals surface area contributed by atoms with Crippen molar-refractivity contribution in [3.63, 3.8) is 0 Å². The van der Waals surface area contributed by atoms with Crippen molar-refractivity contribution in [3.8, 4) is 0 Å². The number of carboxylic acid groups (broad SMARTS) is 1. The summed E-state index contributed by atoms with van der Waals surface area (Å²) in [6, 6.07) is 0. The normalized spacial score (nSPS) is 15.4. The fourth-order valence-corrected chi connectivity index (χ4v) is 0.680. The molecule has 0 aliphatic carbocycles. The average molecular weight is 156 g/mol. The van der Waals surface area contributed by atoms with Crippen LogP contribution in [0, 0.1) is 0 Å². The van der Waals surface area contributed by atoms with Gasteiger partial charge in [-0.25, -0.2) is 4.79 Å². The minimum absolute atomic E-state index is 0.403. The minimum atomic E-state index is -1.41. The summed E-state index contributed by atoms with van der Waals surface area (Å²) in [7, 11) is 0. The van der Waals surface area contributed by atoms with E-state index >= 15 is 0 Å². The Hall–Kier alpha value is -1.09. The second-order valence-electron chi connectivity index (χ2n) is 2.03. The first-order valence-electron chi connectivity index (χ1n) is 3.33. The largest absolute Gasteiger partial charge is 0.479 e. The van der Waals surface area contributed by atoms with E-state index in [1.54, 1.807) is 32.1 Å². The molecule has 11 heavy (non-hydrogen) atoms. The first-order valence-corrected chi connectivity index (χ1v) is 3.33. The first-order chi connectivity index (χ1) is 5.13. The molecule has 0 saturated carbocycles. The highest BCUT2D eigenvalue weighted by atomic mass is 16.4. The van der Waals surface area contributed by atoms with Crippen LogP contribution in [-0.2, 0) is 4.79 Å². The Morgan fingerprint density at radius 1 is 1.45 bits per heavy atom. The summed E-state index contributed by atoms with van der Waals surface area (Å²) in [6.07, 6.45) is 3.41. The molecular formula is C8H12O3. The van der Waals surface area contributed by atoms with Crippen LogP contribution in [0.3, 0.4) is 0 Å². The lowest BCUT2D eigenvalue weighted by Crippen LogP contribution is -2.20. The Kier molecular flexibility index (Phi) is 4.22. The number of hydrogen-bond donors (Lipinski definition) is 2. The van der Waals surface area contributed by atoms with E-state index in [9.17, 15) is 4.79 Å². The highest BCUT2D eigenvalue weighted by Gasteiger charge is 2.14. The van der Waals surface area contributed by atoms with Gasteiger partial charge in [0.15, 0.2) is 6.10 Å². The van der Waals surface area contributed by atoms with Crippen molar-refractivity contribution in [1.29, 1.82) is 0 Å². The number of carbonyl (C=O) groups is 1. The predicted octanol–water partition coefficient (Wildman–Crippen LogP) is 0.954. The van der Waals surface area contributed by atoms with E-state index in [0.717, 1.165) is 0 Å². The lowest BCUT2D eigenvalue weighted by Gasteiger charge is -2.04. The molecule has 0 aromatic carbocycles. The number of aliphatic carboxylic acids is 1. The Morgan fingerprint density at radius 2 is 2.00 bits per heavy atom. The van der Waals surface area contributed by atoms with Crippen LogP contribution in [0.15, 0.2) is 23.8 Å². The SMILES string of the molecule is C/C=C\C(=C/C)C(O)C(=O)O. The van der Waals surface area contributed by atoms with Crippen molar-refractivity contribution < 1.29 is 15.0 Å². The van der Waals surface area contributed by atoms with E-state index in [-0.39, 0.29) is 0 Å². The molecule has 0 amide bonds. The molecule has 3 nitrogen and oxygen atoms in total. The molecule has 0 rings (SSSR count). The van der Waals surface area contributed by atoms with E-state index < -0.39 is 12.1 Å². The maximum Gasteiger partial charge on any atom is 0.337 e. The smallest absolute Gasteiger partial charge is 0.337 e. The maximum atomic E-state index is 10.2. The van der Waals surface area contributed by atoms with Crippen LogP contribution in [0.2, 0.25) is 0 Å². The summed E-state index contributed by atoms with van der Waals surface area (Å²) in [4.78, 5) is 10.2. The Balaban J connectivity index is 4.40. The second-order valence-corrected chi connectivity index (χ2v) is 2.03. The molecule has 0 bridgehead atoms. The third kappa shape index (κ3) is 3.00. The molecule has 2 N–H and O–H groups in total. The van der Waals surface area contributed by atoms with Crippen molar-refractivity contribution in [3.05, 3.63) is 23.8 Å². The quantitative estimate of drug-likeness (QED) is 0.598. The summed E-state index contributed by atoms with van der Waals surface area (Å²) in [5.74, 6) is -1.23. The van der Waals surface area contributed by atoms with Gasteiger partial charge < -0.3 is 10.2 Å². The number of allylic oxidation sites excluding steroid dienone is 2. The highest BCUT2D eigenvalue weighted by molar-refractivity contribution is 5.76. The van der Waals surface area contributed by atoms with Crippen molar-refractivity contribution >= 4 is 5.97 Å². The Morgan fingerprint density at radius 3 is 2.27 bits per heavy atom. The fourth-order valence-electron chi connectivity index (χ4n) is 0.680. The van der Waals surface area contributed by atoms with Crippen LogP contribution in [0.25, 0.3) is 0 Å². The van der Waals surface area contributed by atoms with E-state index in [1.807, 2.05) is 0 Å². The van der Waals surface area contributed by atoms with E-state index in [2.05, 4.69) is 0 Å². The summed E-state index contributed by atoms with van der Waals surface area (Å²) in [6.45, 7) is 3.44. The lowest BCUT2D eigenvalue weighted by molar-refractivity contribution is -0.144. The zero-order valence-electron chi connectivity index (χ0n) is 6.61. The molecule has 0 heterocycles. The number of aliphatic hydroxyl groups excluding tert-OH is 1. The average Bonchev–Trinajstić information content (AvgIpc) is 1.98. The van der Waals surface area contributed by atoms with Crippen molar-refractivity contribution in [2.45, 2.75) is 20.0 Å². The van der Waals surface area contributed by atoms with Crippen LogP contribution in [0.1, 0.15) is 13.8 Å². The van der Waals surface area contributed by atoms with E-state index in [0.29, 0.717) is 5.57 Å². The van der Waals surface area contributed by atoms with Crippen molar-refractivity contribution in [2.24, 2.45) is 0 Å². The molecule has 0 radical (unpaired) electrons. The standard InChI is InChI=1S/C8H12O3/c1-3-5-6(4-2)7(9)8(10)11/h3-5,7,9H,1-2H3,(H,10,11)/b5-3-,6-4+. The van der Waals surface area contributed by atoms with Gasteiger partial charge in [-0.2, -0.15) is 0 Å². The topological polar surface area (TPSA) is 57.5 Å². The van der Waals surface area contributed by atoms with Gasteiger partial charge in [0, 0.05) is 0 Å². The first kappa shape index (κ1) is 9.91. The summed E-state index contributed by atoms with van der Waals surface area (Å²) in [5, 5.41) is 17.4. The monoisotopic (exact) mass is 156 g/mol. The van der Waals surface area contributed by atoms with Gasteiger partial charge in [0.25, 0.3) is 0 Å². The molecule has 0 saturated heterocycles. The third-order valence-electron chi connectivity index (χ3n) is 1.24. The summed E-state index contributed by atoms with van der Waals surface area (Å²) in [5.41, 5.74) is 0.403. The van der Waals surface area contributed by atoms with Gasteiger partial charge in [-0.15, -0.1) is 0 Å². The zero-order valence-corrected chi connectivity index (χ0v) is 6.61. The van der Waals surface area contributed by atoms with Gasteiger partial charge in [0.1, 0.15) is 0 Å². The van der Waals surface area contributed by atoms with Gasteiger partial charge in [0.2, 0.25) is 0 Å². The van der Waals surface area contributed by atoms with Crippen LogP contribution < -0.4 is 0 Å². The van der Waals surface area contributed by atoms with Crippen molar-refractivity contribution in [2.75, 3.05) is 0 Å².